The van der Waals surface area contributed by atoms with Crippen molar-refractivity contribution in [2.24, 2.45) is 0 Å². The lowest BCUT2D eigenvalue weighted by atomic mass is 9.32. The zero-order valence-electron chi connectivity index (χ0n) is 34.2. The first-order valence-electron chi connectivity index (χ1n) is 21.3. The molecule has 0 spiro atoms. The van der Waals surface area contributed by atoms with Crippen LogP contribution in [-0.4, -0.2) is 13.4 Å². The lowest BCUT2D eigenvalue weighted by Crippen LogP contribution is -2.62. The Hall–Kier alpha value is -7.03. The largest absolute Gasteiger partial charge is 0.307 e. The van der Waals surface area contributed by atoms with Crippen LogP contribution in [0.1, 0.15) is 22.3 Å². The molecule has 280 valence electrons. The molecule has 3 aliphatic heterocycles. The Labute approximate surface area is 351 Å². The molecule has 0 bridgehead atoms. The summed E-state index contributed by atoms with van der Waals surface area (Å²) in [5.41, 5.74) is 21.1. The van der Waals surface area contributed by atoms with Gasteiger partial charge in [-0.3, -0.25) is 0 Å². The van der Waals surface area contributed by atoms with E-state index in [2.05, 4.69) is 207 Å². The van der Waals surface area contributed by atoms with E-state index >= 15 is 0 Å². The Bertz CT molecular complexity index is 3260. The topological polar surface area (TPSA) is 6.48 Å². The van der Waals surface area contributed by atoms with Crippen LogP contribution in [0.4, 0.5) is 34.1 Å². The predicted octanol–water partition coefficient (Wildman–Crippen LogP) is 10.4. The Morgan fingerprint density at radius 1 is 0.300 bits per heavy atom. The molecule has 0 unspecified atom stereocenters. The predicted molar refractivity (Wildman–Crippen MR) is 261 cm³/mol. The lowest BCUT2D eigenvalue weighted by molar-refractivity contribution is 1.19. The van der Waals surface area contributed by atoms with Crippen molar-refractivity contribution in [1.29, 1.82) is 0 Å². The second kappa shape index (κ2) is 12.3. The first-order chi connectivity index (χ1) is 29.4. The molecule has 0 atom stereocenters. The molecule has 3 heterocycles. The number of anilines is 6. The molecule has 4 heteroatoms. The highest BCUT2D eigenvalue weighted by Crippen LogP contribution is 2.57. The van der Waals surface area contributed by atoms with Gasteiger partial charge in [0.15, 0.2) is 0 Å². The summed E-state index contributed by atoms with van der Waals surface area (Å²) in [6.45, 7) is 9.26. The summed E-state index contributed by atoms with van der Waals surface area (Å²) in [5, 5.41) is 10.2. The van der Waals surface area contributed by atoms with Crippen LogP contribution < -0.4 is 42.6 Å². The van der Waals surface area contributed by atoms with Crippen molar-refractivity contribution in [1.82, 2.24) is 0 Å². The van der Waals surface area contributed by atoms with Crippen LogP contribution in [0, 0.1) is 27.7 Å². The molecule has 0 saturated heterocycles. The fourth-order valence-corrected chi connectivity index (χ4v) is 11.7. The van der Waals surface area contributed by atoms with Crippen molar-refractivity contribution < 1.29 is 0 Å². The molecular formula is C56H40B2N2. The van der Waals surface area contributed by atoms with Gasteiger partial charge < -0.3 is 9.80 Å². The molecule has 3 aliphatic rings. The summed E-state index contributed by atoms with van der Waals surface area (Å²) >= 11 is 0. The summed E-state index contributed by atoms with van der Waals surface area (Å²) in [6, 6.07) is 64.8. The van der Waals surface area contributed by atoms with E-state index in [1.807, 2.05) is 0 Å². The lowest BCUT2D eigenvalue weighted by Gasteiger charge is -2.50. The van der Waals surface area contributed by atoms with E-state index < -0.39 is 0 Å². The minimum absolute atomic E-state index is 0.0200. The number of rotatable bonds is 2. The molecule has 0 fully saturated rings. The summed E-state index contributed by atoms with van der Waals surface area (Å²) in [5.74, 6) is 0. The monoisotopic (exact) mass is 762 g/mol. The highest BCUT2D eigenvalue weighted by molar-refractivity contribution is 7.01. The van der Waals surface area contributed by atoms with Gasteiger partial charge in [0, 0.05) is 11.4 Å². The highest BCUT2D eigenvalue weighted by atomic mass is 15.3. The van der Waals surface area contributed by atoms with Gasteiger partial charge >= 0.3 is 0 Å². The number of fused-ring (bicyclic) bond motifs is 12. The molecule has 2 nitrogen and oxygen atoms in total. The van der Waals surface area contributed by atoms with Crippen LogP contribution in [0.2, 0.25) is 0 Å². The smallest absolute Gasteiger partial charge is 0.248 e. The molecule has 0 aromatic heterocycles. The van der Waals surface area contributed by atoms with Crippen molar-refractivity contribution >= 4 is 123 Å². The van der Waals surface area contributed by atoms with E-state index in [4.69, 9.17) is 0 Å². The van der Waals surface area contributed by atoms with Gasteiger partial charge in [-0.25, -0.2) is 0 Å². The third-order valence-electron chi connectivity index (χ3n) is 14.1. The number of benzene rings is 10. The Morgan fingerprint density at radius 3 is 1.00 bits per heavy atom. The zero-order chi connectivity index (χ0) is 40.0. The first kappa shape index (κ1) is 33.9. The van der Waals surface area contributed by atoms with Gasteiger partial charge in [-0.05, 0) is 117 Å². The number of nitrogens with zero attached hydrogens (tertiary/aromatic N) is 2. The van der Waals surface area contributed by atoms with Crippen LogP contribution in [0.15, 0.2) is 170 Å². The van der Waals surface area contributed by atoms with Gasteiger partial charge in [-0.1, -0.05) is 179 Å². The van der Waals surface area contributed by atoms with Gasteiger partial charge in [-0.15, -0.1) is 0 Å². The van der Waals surface area contributed by atoms with Crippen molar-refractivity contribution in [2.45, 2.75) is 27.7 Å². The molecule has 0 aliphatic carbocycles. The van der Waals surface area contributed by atoms with Gasteiger partial charge in [0.2, 0.25) is 13.4 Å². The van der Waals surface area contributed by atoms with Crippen molar-refractivity contribution in [2.75, 3.05) is 9.80 Å². The molecule has 0 amide bonds. The van der Waals surface area contributed by atoms with E-state index in [0.29, 0.717) is 0 Å². The third kappa shape index (κ3) is 4.46. The molecule has 0 N–H and O–H groups in total. The van der Waals surface area contributed by atoms with Crippen molar-refractivity contribution in [3.8, 4) is 0 Å². The molecule has 10 aromatic rings. The summed E-state index contributed by atoms with van der Waals surface area (Å²) in [7, 11) is 0. The second-order valence-corrected chi connectivity index (χ2v) is 17.4. The molecule has 10 aromatic carbocycles. The molecule has 13 rings (SSSR count). The summed E-state index contributed by atoms with van der Waals surface area (Å²) in [4.78, 5) is 5.36. The third-order valence-corrected chi connectivity index (χ3v) is 14.1. The number of aryl methyl sites for hydroxylation is 4. The van der Waals surface area contributed by atoms with Gasteiger partial charge in [0.1, 0.15) is 0 Å². The van der Waals surface area contributed by atoms with Gasteiger partial charge in [0.25, 0.3) is 0 Å². The Morgan fingerprint density at radius 2 is 0.617 bits per heavy atom. The van der Waals surface area contributed by atoms with E-state index in [0.717, 1.165) is 0 Å². The zero-order valence-corrected chi connectivity index (χ0v) is 34.2. The first-order valence-corrected chi connectivity index (χ1v) is 21.3. The Balaban J connectivity index is 1.27. The molecule has 0 saturated carbocycles. The van der Waals surface area contributed by atoms with Crippen LogP contribution in [0.25, 0.3) is 43.1 Å². The van der Waals surface area contributed by atoms with Gasteiger partial charge in [0.05, 0.1) is 22.7 Å². The normalized spacial score (nSPS) is 13.5. The molecule has 0 radical (unpaired) electrons. The van der Waals surface area contributed by atoms with Gasteiger partial charge in [-0.2, -0.15) is 0 Å². The van der Waals surface area contributed by atoms with Crippen LogP contribution in [0.5, 0.6) is 0 Å². The van der Waals surface area contributed by atoms with Crippen molar-refractivity contribution in [3.63, 3.8) is 0 Å². The van der Waals surface area contributed by atoms with Crippen molar-refractivity contribution in [3.05, 3.63) is 192 Å². The summed E-state index contributed by atoms with van der Waals surface area (Å²) in [6.07, 6.45) is 0. The molecule has 60 heavy (non-hydrogen) atoms. The highest BCUT2D eigenvalue weighted by Gasteiger charge is 2.48. The maximum atomic E-state index is 2.68. The molecular weight excluding hydrogens is 722 g/mol. The van der Waals surface area contributed by atoms with E-state index in [1.165, 1.54) is 132 Å². The van der Waals surface area contributed by atoms with Crippen LogP contribution >= 0.6 is 0 Å². The maximum Gasteiger partial charge on any atom is 0.248 e. The number of hydrogen-bond acceptors (Lipinski definition) is 2. The van der Waals surface area contributed by atoms with E-state index in [9.17, 15) is 0 Å². The van der Waals surface area contributed by atoms with Crippen LogP contribution in [-0.2, 0) is 0 Å². The van der Waals surface area contributed by atoms with Crippen LogP contribution in [0.3, 0.4) is 0 Å². The van der Waals surface area contributed by atoms with E-state index in [-0.39, 0.29) is 13.4 Å². The fraction of sp³-hybridized carbons (Fsp3) is 0.0714. The number of hydrogen-bond donors (Lipinski definition) is 0. The minimum Gasteiger partial charge on any atom is -0.307 e. The standard InChI is InChI=1S/C56H40B2N2/c1-33-15-13-16-34(2)51(33)57-45-27-37-19-5-7-21-39(37)29-47(45)59-50-32-42-24-10-12-26-44(42)54-56(50)60(49-31-41-23-9-11-25-43(41)53(57)55(49)59)48-30-40-22-8-6-20-38(40)28-46(48)58(54)52-35(3)17-14-18-36(52)4/h5-32H,1-4H3. The average Bonchev–Trinajstić information content (AvgIpc) is 3.26. The SMILES string of the molecule is Cc1cccc(C)c1B1c2cc3ccccc3cc2N2c3cc4ccccc4c4c3N(c3cc5ccccc5cc3B4c3c(C)cccc3C)c3cc4ccccc4c1c32. The minimum atomic E-state index is 0.0200. The second-order valence-electron chi connectivity index (χ2n) is 17.4. The maximum absolute atomic E-state index is 2.68. The average molecular weight is 763 g/mol. The summed E-state index contributed by atoms with van der Waals surface area (Å²) < 4.78 is 0. The fourth-order valence-electron chi connectivity index (χ4n) is 11.7. The van der Waals surface area contributed by atoms with E-state index in [1.54, 1.807) is 0 Å². The quantitative estimate of drug-likeness (QED) is 0.162. The Kier molecular flexibility index (Phi) is 6.92.